The molecule has 0 amide bonds. The topological polar surface area (TPSA) is 116 Å². The molecule has 43 heavy (non-hydrogen) atoms. The summed E-state index contributed by atoms with van der Waals surface area (Å²) in [4.78, 5) is 16.2. The minimum atomic E-state index is -1.64. The minimum absolute atomic E-state index is 0.0186. The van der Waals surface area contributed by atoms with Gasteiger partial charge in [0.05, 0.1) is 24.4 Å². The highest BCUT2D eigenvalue weighted by Crippen LogP contribution is 2.80. The van der Waals surface area contributed by atoms with E-state index in [1.165, 1.54) is 7.11 Å². The van der Waals surface area contributed by atoms with E-state index in [2.05, 4.69) is 11.8 Å². The number of hydrogen-bond donors (Lipinski definition) is 2. The van der Waals surface area contributed by atoms with Crippen molar-refractivity contribution >= 4 is 5.97 Å². The second-order valence-corrected chi connectivity index (χ2v) is 13.9. The molecule has 5 aliphatic carbocycles. The number of fused-ring (bicyclic) bond motifs is 2. The van der Waals surface area contributed by atoms with Crippen LogP contribution in [0.25, 0.3) is 0 Å². The molecule has 238 valence electrons. The van der Waals surface area contributed by atoms with Crippen LogP contribution in [0.15, 0.2) is 30.3 Å². The molecule has 0 aromatic heterocycles. The number of piperidine rings is 1. The molecule has 1 aromatic carbocycles. The van der Waals surface area contributed by atoms with Crippen LogP contribution in [0.5, 0.6) is 0 Å². The number of ether oxygens (including phenoxy) is 6. The van der Waals surface area contributed by atoms with E-state index in [-0.39, 0.29) is 47.8 Å². The van der Waals surface area contributed by atoms with Crippen LogP contribution in [0.3, 0.4) is 0 Å². The molecule has 7 bridgehead atoms. The van der Waals surface area contributed by atoms with Gasteiger partial charge in [0.2, 0.25) is 0 Å². The number of hydrogen-bond acceptors (Lipinski definition) is 10. The summed E-state index contributed by atoms with van der Waals surface area (Å²) >= 11 is 0. The molecule has 2 N–H and O–H groups in total. The fraction of sp³-hybridized carbons (Fsp3) is 0.788. The molecule has 5 saturated carbocycles. The van der Waals surface area contributed by atoms with Crippen molar-refractivity contribution in [2.45, 2.75) is 73.9 Å². The summed E-state index contributed by atoms with van der Waals surface area (Å²) in [7, 11) is 8.45. The van der Waals surface area contributed by atoms with E-state index >= 15 is 0 Å². The molecule has 1 heterocycles. The zero-order valence-electron chi connectivity index (χ0n) is 26.1. The van der Waals surface area contributed by atoms with Gasteiger partial charge in [-0.1, -0.05) is 25.1 Å². The van der Waals surface area contributed by atoms with E-state index in [9.17, 15) is 15.0 Å². The highest BCUT2D eigenvalue weighted by molar-refractivity contribution is 5.89. The molecule has 3 unspecified atom stereocenters. The molecule has 14 atom stereocenters. The number of benzene rings is 1. The average Bonchev–Trinajstić information content (AvgIpc) is 3.39. The Labute approximate surface area is 253 Å². The van der Waals surface area contributed by atoms with Crippen LogP contribution >= 0.6 is 0 Å². The Kier molecular flexibility index (Phi) is 7.12. The van der Waals surface area contributed by atoms with Crippen molar-refractivity contribution in [3.05, 3.63) is 35.9 Å². The second-order valence-electron chi connectivity index (χ2n) is 13.9. The molecule has 6 aliphatic rings. The second kappa shape index (κ2) is 10.2. The van der Waals surface area contributed by atoms with Crippen molar-refractivity contribution in [2.24, 2.45) is 34.5 Å². The van der Waals surface area contributed by atoms with Crippen LogP contribution in [-0.4, -0.2) is 124 Å². The zero-order chi connectivity index (χ0) is 30.5. The Morgan fingerprint density at radius 2 is 1.77 bits per heavy atom. The van der Waals surface area contributed by atoms with Crippen molar-refractivity contribution < 1.29 is 43.4 Å². The highest BCUT2D eigenvalue weighted by Gasteiger charge is 2.90. The fourth-order valence-corrected chi connectivity index (χ4v) is 12.3. The summed E-state index contributed by atoms with van der Waals surface area (Å²) < 4.78 is 38.0. The van der Waals surface area contributed by atoms with Gasteiger partial charge < -0.3 is 38.6 Å². The van der Waals surface area contributed by atoms with Gasteiger partial charge in [-0.3, -0.25) is 4.90 Å². The van der Waals surface area contributed by atoms with Crippen molar-refractivity contribution in [3.8, 4) is 0 Å². The number of rotatable bonds is 9. The zero-order valence-corrected chi connectivity index (χ0v) is 26.1. The first kappa shape index (κ1) is 30.0. The molecule has 0 radical (unpaired) electrons. The first-order chi connectivity index (χ1) is 20.7. The van der Waals surface area contributed by atoms with Gasteiger partial charge in [0.1, 0.15) is 29.5 Å². The summed E-state index contributed by atoms with van der Waals surface area (Å²) in [5.41, 5.74) is -3.15. The molecular weight excluding hydrogens is 554 g/mol. The van der Waals surface area contributed by atoms with Crippen LogP contribution in [0, 0.1) is 34.5 Å². The summed E-state index contributed by atoms with van der Waals surface area (Å²) in [5.74, 6) is -1.55. The number of carbonyl (C=O) groups is 1. The van der Waals surface area contributed by atoms with E-state index in [1.807, 2.05) is 6.07 Å². The van der Waals surface area contributed by atoms with E-state index < -0.39 is 46.8 Å². The lowest BCUT2D eigenvalue weighted by Crippen LogP contribution is -2.80. The lowest BCUT2D eigenvalue weighted by Gasteiger charge is -2.69. The van der Waals surface area contributed by atoms with Crippen molar-refractivity contribution in [3.63, 3.8) is 0 Å². The fourth-order valence-electron chi connectivity index (χ4n) is 12.3. The maximum Gasteiger partial charge on any atom is 0.338 e. The lowest BCUT2D eigenvalue weighted by atomic mass is 9.43. The van der Waals surface area contributed by atoms with Crippen molar-refractivity contribution in [1.82, 2.24) is 4.90 Å². The molecule has 10 heteroatoms. The van der Waals surface area contributed by atoms with Gasteiger partial charge in [-0.2, -0.15) is 0 Å². The predicted octanol–water partition coefficient (Wildman–Crippen LogP) is 1.76. The monoisotopic (exact) mass is 601 g/mol. The van der Waals surface area contributed by atoms with E-state index in [0.717, 1.165) is 25.9 Å². The summed E-state index contributed by atoms with van der Waals surface area (Å²) in [5, 5.41) is 25.1. The third-order valence-electron chi connectivity index (χ3n) is 13.1. The van der Waals surface area contributed by atoms with Gasteiger partial charge in [-0.15, -0.1) is 0 Å². The van der Waals surface area contributed by atoms with Gasteiger partial charge in [-0.25, -0.2) is 4.79 Å². The maximum absolute atomic E-state index is 13.7. The Morgan fingerprint density at radius 1 is 1.02 bits per heavy atom. The van der Waals surface area contributed by atoms with Crippen LogP contribution in [0.1, 0.15) is 36.5 Å². The number of nitrogens with zero attached hydrogens (tertiary/aromatic N) is 1. The summed E-state index contributed by atoms with van der Waals surface area (Å²) in [6.45, 7) is 4.40. The van der Waals surface area contributed by atoms with E-state index in [4.69, 9.17) is 28.4 Å². The number of carbonyl (C=O) groups excluding carboxylic acids is 1. The number of likely N-dealkylation sites (tertiary alicyclic amines) is 1. The van der Waals surface area contributed by atoms with Gasteiger partial charge in [0.15, 0.2) is 0 Å². The SMILES string of the molecule is CCN1C[C@]2(COC)CC[C@H](OC)C34C1C([C@H](OC)[C@@H]32)[C@]1(OC)[C@@H]2[C@H]4C[C@@](O)([C@@H]2OC(=O)c2ccccc2)[C@@H](OC)[C@@H]1O. The van der Waals surface area contributed by atoms with Crippen molar-refractivity contribution in [1.29, 1.82) is 0 Å². The normalized spacial score (nSPS) is 51.0. The van der Waals surface area contributed by atoms with Crippen LogP contribution in [-0.2, 0) is 28.4 Å². The van der Waals surface area contributed by atoms with Crippen LogP contribution < -0.4 is 0 Å². The molecule has 10 nitrogen and oxygen atoms in total. The van der Waals surface area contributed by atoms with Crippen LogP contribution in [0.2, 0.25) is 0 Å². The van der Waals surface area contributed by atoms with Gasteiger partial charge in [0, 0.05) is 76.7 Å². The molecule has 7 rings (SSSR count). The molecule has 1 spiro atoms. The lowest BCUT2D eigenvalue weighted by molar-refractivity contribution is -0.321. The Bertz CT molecular complexity index is 1230. The smallest absolute Gasteiger partial charge is 0.338 e. The van der Waals surface area contributed by atoms with Crippen molar-refractivity contribution in [2.75, 3.05) is 55.2 Å². The number of aliphatic hydroxyl groups excluding tert-OH is 1. The predicted molar refractivity (Wildman–Crippen MR) is 154 cm³/mol. The molecule has 1 aromatic rings. The van der Waals surface area contributed by atoms with Gasteiger partial charge in [-0.05, 0) is 43.9 Å². The Morgan fingerprint density at radius 3 is 2.37 bits per heavy atom. The average molecular weight is 602 g/mol. The van der Waals surface area contributed by atoms with Crippen LogP contribution in [0.4, 0.5) is 0 Å². The largest absolute Gasteiger partial charge is 0.455 e. The van der Waals surface area contributed by atoms with Gasteiger partial charge in [0.25, 0.3) is 0 Å². The Balaban J connectivity index is 1.49. The van der Waals surface area contributed by atoms with E-state index in [1.54, 1.807) is 52.7 Å². The van der Waals surface area contributed by atoms with Gasteiger partial charge >= 0.3 is 5.97 Å². The third kappa shape index (κ3) is 3.34. The summed E-state index contributed by atoms with van der Waals surface area (Å²) in [6, 6.07) is 8.79. The minimum Gasteiger partial charge on any atom is -0.455 e. The highest BCUT2D eigenvalue weighted by atomic mass is 16.6. The quantitative estimate of drug-likeness (QED) is 0.406. The first-order valence-corrected chi connectivity index (χ1v) is 15.7. The molecule has 6 fully saturated rings. The standard InChI is InChI=1S/C33H47NO9/c1-7-34-16-30(17-38-2)14-13-20(39-3)32-19-15-31(37)27(43-29(36)18-11-9-8-10-12-18)21(19)33(42-6,26(35)28(31)41-5)22(25(32)34)23(40-4)24(30)32/h8-12,19-28,35,37H,7,13-17H2,1-6H3/t19-,20+,21-,22?,23+,24-,25?,26+,27-,28+,30+,31-,32?,33-/m1/s1. The number of methoxy groups -OCH3 is 5. The Hall–Kier alpha value is -1.63. The third-order valence-corrected chi connectivity index (χ3v) is 13.1. The molecule has 1 saturated heterocycles. The first-order valence-electron chi connectivity index (χ1n) is 15.7. The van der Waals surface area contributed by atoms with E-state index in [0.29, 0.717) is 12.2 Å². The summed E-state index contributed by atoms with van der Waals surface area (Å²) in [6.07, 6.45) is -1.58. The molecular formula is C33H47NO9. The number of aliphatic hydroxyl groups is 2. The molecule has 1 aliphatic heterocycles. The number of esters is 1. The maximum atomic E-state index is 13.7.